The molecule has 17 heteroatoms. The van der Waals surface area contributed by atoms with Crippen molar-refractivity contribution in [2.24, 2.45) is 5.16 Å². The predicted molar refractivity (Wildman–Crippen MR) is 160 cm³/mol. The van der Waals surface area contributed by atoms with Crippen molar-refractivity contribution < 1.29 is 46.8 Å². The number of nitrogens with zero attached hydrogens (tertiary/aromatic N) is 4. The van der Waals surface area contributed by atoms with E-state index in [-0.39, 0.29) is 48.4 Å². The van der Waals surface area contributed by atoms with Crippen molar-refractivity contribution >= 4 is 25.3 Å². The van der Waals surface area contributed by atoms with E-state index in [9.17, 15) is 27.7 Å². The maximum absolute atomic E-state index is 14.3. The Morgan fingerprint density at radius 1 is 1.23 bits per heavy atom. The first-order valence-electron chi connectivity index (χ1n) is 14.6. The number of halogens is 2. The van der Waals surface area contributed by atoms with Gasteiger partial charge in [0.15, 0.2) is 17.0 Å². The Morgan fingerprint density at radius 2 is 2.02 bits per heavy atom. The van der Waals surface area contributed by atoms with Gasteiger partial charge in [0, 0.05) is 43.4 Å². The third kappa shape index (κ3) is 6.35. The molecule has 47 heavy (non-hydrogen) atoms. The molecule has 3 atom stereocenters. The lowest BCUT2D eigenvalue weighted by atomic mass is 9.84. The van der Waals surface area contributed by atoms with Gasteiger partial charge >= 0.3 is 7.82 Å². The van der Waals surface area contributed by atoms with Crippen molar-refractivity contribution in [1.29, 1.82) is 0 Å². The highest BCUT2D eigenvalue weighted by atomic mass is 31.2. The standard InChI is InChI=1S/C30H30F2N5O9P/c1-16-10-30(46-35-16)8-7-17(2)36-14-24(30)37-13-22(28(39)34-11-18-3-4-19(31)9-23(18)32)26(38)27(25(37)29(36)40)44-15-20-5-6-21(12-33-20)45-47(41,42)43/h3-6,9,12-13,17,24H,7-8,10-11,14-15H2,1-2H3,(H,34,39)(H2,41,42,43)/t17-,24+,30-/m0/s1. The highest BCUT2D eigenvalue weighted by Gasteiger charge is 2.54. The van der Waals surface area contributed by atoms with Crippen LogP contribution in [0.15, 0.2) is 52.7 Å². The number of fused-ring (bicyclic) bond motifs is 5. The van der Waals surface area contributed by atoms with Gasteiger partial charge in [-0.3, -0.25) is 29.2 Å². The van der Waals surface area contributed by atoms with Crippen LogP contribution in [0.2, 0.25) is 0 Å². The molecule has 0 radical (unpaired) electrons. The van der Waals surface area contributed by atoms with Crippen molar-refractivity contribution in [3.8, 4) is 11.5 Å². The lowest BCUT2D eigenvalue weighted by Gasteiger charge is -2.42. The maximum atomic E-state index is 14.3. The van der Waals surface area contributed by atoms with E-state index < -0.39 is 59.7 Å². The lowest BCUT2D eigenvalue weighted by Crippen LogP contribution is -2.52. The Morgan fingerprint density at radius 3 is 2.68 bits per heavy atom. The van der Waals surface area contributed by atoms with Crippen LogP contribution in [0.3, 0.4) is 0 Å². The second-order valence-corrected chi connectivity index (χ2v) is 12.9. The van der Waals surface area contributed by atoms with Gasteiger partial charge in [0.05, 0.1) is 23.6 Å². The average molecular weight is 674 g/mol. The molecule has 6 rings (SSSR count). The molecule has 3 aliphatic rings. The number of amides is 2. The second kappa shape index (κ2) is 12.2. The molecule has 3 N–H and O–H groups in total. The fourth-order valence-electron chi connectivity index (χ4n) is 6.18. The number of oxime groups is 1. The Hall–Kier alpha value is -4.66. The predicted octanol–water partition coefficient (Wildman–Crippen LogP) is 3.22. The highest BCUT2D eigenvalue weighted by Crippen LogP contribution is 2.46. The van der Waals surface area contributed by atoms with E-state index in [0.29, 0.717) is 25.3 Å². The molecule has 1 aromatic carbocycles. The summed E-state index contributed by atoms with van der Waals surface area (Å²) in [5.74, 6) is -3.69. The summed E-state index contributed by atoms with van der Waals surface area (Å²) in [6, 6.07) is 4.68. The summed E-state index contributed by atoms with van der Waals surface area (Å²) < 4.78 is 50.8. The van der Waals surface area contributed by atoms with Crippen LogP contribution in [0.4, 0.5) is 8.78 Å². The number of phosphoric acid groups is 1. The van der Waals surface area contributed by atoms with E-state index >= 15 is 0 Å². The summed E-state index contributed by atoms with van der Waals surface area (Å²) in [5.41, 5.74) is -1.35. The third-order valence-corrected chi connectivity index (χ3v) is 8.96. The zero-order valence-electron chi connectivity index (χ0n) is 25.2. The Labute approximate surface area is 266 Å². The number of nitrogens with one attached hydrogen (secondary N) is 1. The number of pyridine rings is 2. The summed E-state index contributed by atoms with van der Waals surface area (Å²) in [5, 5.41) is 6.69. The first-order chi connectivity index (χ1) is 22.2. The number of hydrogen-bond donors (Lipinski definition) is 3. The average Bonchev–Trinajstić information content (AvgIpc) is 3.34. The first-order valence-corrected chi connectivity index (χ1v) is 16.1. The van der Waals surface area contributed by atoms with E-state index in [1.54, 1.807) is 4.90 Å². The van der Waals surface area contributed by atoms with E-state index in [1.807, 2.05) is 13.8 Å². The number of aromatic nitrogens is 2. The van der Waals surface area contributed by atoms with Crippen LogP contribution in [0.1, 0.15) is 71.3 Å². The molecule has 248 valence electrons. The van der Waals surface area contributed by atoms with Gasteiger partial charge in [0.1, 0.15) is 29.6 Å². The van der Waals surface area contributed by atoms with Crippen molar-refractivity contribution in [2.45, 2.75) is 63.9 Å². The Balaban J connectivity index is 1.41. The molecular weight excluding hydrogens is 643 g/mol. The van der Waals surface area contributed by atoms with Crippen LogP contribution >= 0.6 is 7.82 Å². The molecule has 2 amide bonds. The molecule has 0 unspecified atom stereocenters. The van der Waals surface area contributed by atoms with E-state index in [4.69, 9.17) is 19.4 Å². The number of hydrogen-bond acceptors (Lipinski definition) is 9. The molecule has 2 bridgehead atoms. The minimum atomic E-state index is -4.82. The molecule has 0 aliphatic carbocycles. The van der Waals surface area contributed by atoms with Gasteiger partial charge in [-0.25, -0.2) is 13.3 Å². The van der Waals surface area contributed by atoms with Gasteiger partial charge in [0.2, 0.25) is 5.43 Å². The van der Waals surface area contributed by atoms with Crippen LogP contribution in [0, 0.1) is 11.6 Å². The maximum Gasteiger partial charge on any atom is 0.524 e. The smallest absolute Gasteiger partial charge is 0.481 e. The van der Waals surface area contributed by atoms with Crippen LogP contribution in [0.5, 0.6) is 11.5 Å². The lowest BCUT2D eigenvalue weighted by molar-refractivity contribution is -0.0656. The summed E-state index contributed by atoms with van der Waals surface area (Å²) in [4.78, 5) is 71.3. The van der Waals surface area contributed by atoms with Crippen LogP contribution in [-0.4, -0.2) is 60.0 Å². The summed E-state index contributed by atoms with van der Waals surface area (Å²) in [6.45, 7) is 3.20. The van der Waals surface area contributed by atoms with E-state index in [0.717, 1.165) is 18.0 Å². The van der Waals surface area contributed by atoms with Crippen LogP contribution in [-0.2, 0) is 22.6 Å². The van der Waals surface area contributed by atoms with Crippen molar-refractivity contribution in [3.05, 3.63) is 87.1 Å². The van der Waals surface area contributed by atoms with Gasteiger partial charge in [-0.15, -0.1) is 0 Å². The van der Waals surface area contributed by atoms with Crippen LogP contribution < -0.4 is 20.0 Å². The Kier molecular flexibility index (Phi) is 8.36. The molecule has 2 aromatic heterocycles. The largest absolute Gasteiger partial charge is 0.524 e. The zero-order valence-corrected chi connectivity index (χ0v) is 26.1. The molecule has 3 aliphatic heterocycles. The highest BCUT2D eigenvalue weighted by molar-refractivity contribution is 7.46. The van der Waals surface area contributed by atoms with Gasteiger partial charge in [-0.2, -0.15) is 0 Å². The molecule has 14 nitrogen and oxygen atoms in total. The van der Waals surface area contributed by atoms with E-state index in [1.165, 1.54) is 29.0 Å². The number of benzene rings is 1. The van der Waals surface area contributed by atoms with Crippen molar-refractivity contribution in [1.82, 2.24) is 19.8 Å². The molecule has 0 saturated carbocycles. The normalized spacial score (nSPS) is 21.9. The number of carbonyl (C=O) groups excluding carboxylic acids is 2. The molecule has 1 spiro atoms. The first kappa shape index (κ1) is 32.3. The number of rotatable bonds is 8. The van der Waals surface area contributed by atoms with Gasteiger partial charge in [0.25, 0.3) is 11.8 Å². The topological polar surface area (TPSA) is 182 Å². The number of ether oxygens (including phenoxy) is 1. The van der Waals surface area contributed by atoms with Crippen molar-refractivity contribution in [3.63, 3.8) is 0 Å². The molecule has 5 heterocycles. The summed E-state index contributed by atoms with van der Waals surface area (Å²) in [6.07, 6.45) is 3.90. The van der Waals surface area contributed by atoms with Gasteiger partial charge in [-0.1, -0.05) is 11.2 Å². The molecule has 3 aromatic rings. The SMILES string of the molecule is CC1=NO[C@@]2(CC[C@H](C)N3C[C@H]2n2cc(C(=O)NCc4ccc(F)cc4F)c(=O)c(OCc4ccc(OP(=O)(O)O)cn4)c2C3=O)C1. The molecule has 1 fully saturated rings. The second-order valence-electron chi connectivity index (χ2n) is 11.8. The fourth-order valence-corrected chi connectivity index (χ4v) is 6.56. The minimum Gasteiger partial charge on any atom is -0.481 e. The molecule has 1 saturated heterocycles. The summed E-state index contributed by atoms with van der Waals surface area (Å²) >= 11 is 0. The molecular formula is C30H30F2N5O9P. The van der Waals surface area contributed by atoms with Gasteiger partial charge in [-0.05, 0) is 44.9 Å². The quantitative estimate of drug-likeness (QED) is 0.301. The van der Waals surface area contributed by atoms with Gasteiger partial charge < -0.3 is 28.9 Å². The summed E-state index contributed by atoms with van der Waals surface area (Å²) in [7, 11) is -4.82. The number of phosphoric ester groups is 1. The van der Waals surface area contributed by atoms with Crippen molar-refractivity contribution in [2.75, 3.05) is 6.54 Å². The zero-order chi connectivity index (χ0) is 33.7. The fraction of sp³-hybridized carbons (Fsp3) is 0.367. The third-order valence-electron chi connectivity index (χ3n) is 8.51. The minimum absolute atomic E-state index is 0.0129. The number of carbonyl (C=O) groups is 2. The Bertz CT molecular complexity index is 1900. The van der Waals surface area contributed by atoms with Crippen LogP contribution in [0.25, 0.3) is 0 Å². The van der Waals surface area contributed by atoms with E-state index in [2.05, 4.69) is 20.0 Å². The monoisotopic (exact) mass is 673 g/mol.